The molecule has 0 atom stereocenters. The second-order valence-electron chi connectivity index (χ2n) is 0.527. The fraction of sp³-hybridized carbons (Fsp3) is 0.500. The van der Waals surface area contributed by atoms with Crippen molar-refractivity contribution in [2.45, 2.75) is 0 Å². The summed E-state index contributed by atoms with van der Waals surface area (Å²) >= 11 is 2.71. The van der Waals surface area contributed by atoms with Crippen LogP contribution in [0.1, 0.15) is 0 Å². The standard InChI is InChI=1S/C2H3BrO2.Na/c3-1-2(4)5;/h1H2,(H,4,5);. The third kappa shape index (κ3) is 8.87. The first-order chi connectivity index (χ1) is 2.27. The van der Waals surface area contributed by atoms with Gasteiger partial charge in [-0.25, -0.2) is 0 Å². The number of hydrogen-bond acceptors (Lipinski definition) is 1. The Labute approximate surface area is 66.3 Å². The van der Waals surface area contributed by atoms with E-state index in [9.17, 15) is 4.79 Å². The molecule has 0 fully saturated rings. The average molecular weight is 162 g/mol. The number of aliphatic carboxylic acids is 1. The zero-order valence-electron chi connectivity index (χ0n) is 3.44. The molecule has 1 radical (unpaired) electrons. The van der Waals surface area contributed by atoms with E-state index in [2.05, 4.69) is 15.9 Å². The monoisotopic (exact) mass is 161 g/mol. The van der Waals surface area contributed by atoms with Crippen molar-refractivity contribution >= 4 is 51.5 Å². The molecular formula is C2H3BrNaO2. The van der Waals surface area contributed by atoms with Gasteiger partial charge in [-0.2, -0.15) is 0 Å². The van der Waals surface area contributed by atoms with E-state index < -0.39 is 5.97 Å². The molecule has 0 unspecified atom stereocenters. The van der Waals surface area contributed by atoms with Gasteiger partial charge >= 0.3 is 5.97 Å². The van der Waals surface area contributed by atoms with Gasteiger partial charge in [-0.1, -0.05) is 15.9 Å². The number of carbonyl (C=O) groups is 1. The Balaban J connectivity index is 0. The molecule has 0 saturated heterocycles. The van der Waals surface area contributed by atoms with Crippen molar-refractivity contribution in [3.8, 4) is 0 Å². The molecule has 6 heavy (non-hydrogen) atoms. The molecule has 0 bridgehead atoms. The maximum atomic E-state index is 9.32. The van der Waals surface area contributed by atoms with Gasteiger partial charge in [0.1, 0.15) is 5.33 Å². The molecule has 0 aromatic heterocycles. The van der Waals surface area contributed by atoms with Crippen molar-refractivity contribution in [1.29, 1.82) is 0 Å². The van der Waals surface area contributed by atoms with Crippen LogP contribution < -0.4 is 0 Å². The first kappa shape index (κ1) is 10.0. The van der Waals surface area contributed by atoms with Gasteiger partial charge < -0.3 is 5.11 Å². The minimum absolute atomic E-state index is 0. The van der Waals surface area contributed by atoms with Crippen LogP contribution in [0.15, 0.2) is 0 Å². The summed E-state index contributed by atoms with van der Waals surface area (Å²) in [5, 5.41) is 7.71. The summed E-state index contributed by atoms with van der Waals surface area (Å²) in [4.78, 5) is 9.32. The SMILES string of the molecule is O=C(O)CBr.[Na]. The van der Waals surface area contributed by atoms with Crippen molar-refractivity contribution in [2.75, 3.05) is 5.33 Å². The normalized spacial score (nSPS) is 6.17. The number of hydrogen-bond donors (Lipinski definition) is 1. The van der Waals surface area contributed by atoms with E-state index >= 15 is 0 Å². The molecule has 0 amide bonds. The largest absolute Gasteiger partial charge is 0.481 e. The fourth-order valence-electron chi connectivity index (χ4n) is 0. The topological polar surface area (TPSA) is 37.3 Å². The first-order valence-electron chi connectivity index (χ1n) is 1.05. The predicted octanol–water partition coefficient (Wildman–Crippen LogP) is 0.0851. The van der Waals surface area contributed by atoms with Gasteiger partial charge in [-0.3, -0.25) is 4.79 Å². The number of carboxylic acids is 1. The summed E-state index contributed by atoms with van der Waals surface area (Å²) in [5.74, 6) is -0.829. The average Bonchev–Trinajstić information content (AvgIpc) is 1.38. The van der Waals surface area contributed by atoms with Crippen LogP contribution in [0.5, 0.6) is 0 Å². The predicted molar refractivity (Wildman–Crippen MR) is 27.2 cm³/mol. The minimum Gasteiger partial charge on any atom is -0.481 e. The smallest absolute Gasteiger partial charge is 0.314 e. The Hall–Kier alpha value is 0.950. The van der Waals surface area contributed by atoms with Gasteiger partial charge in [0.15, 0.2) is 0 Å². The van der Waals surface area contributed by atoms with Gasteiger partial charge in [0, 0.05) is 29.6 Å². The summed E-state index contributed by atoms with van der Waals surface area (Å²) < 4.78 is 0. The Kier molecular flexibility index (Phi) is 9.96. The van der Waals surface area contributed by atoms with Crippen LogP contribution in [0.3, 0.4) is 0 Å². The minimum atomic E-state index is -0.829. The summed E-state index contributed by atoms with van der Waals surface area (Å²) in [5.41, 5.74) is 0. The van der Waals surface area contributed by atoms with Gasteiger partial charge in [0.2, 0.25) is 0 Å². The van der Waals surface area contributed by atoms with Crippen molar-refractivity contribution in [1.82, 2.24) is 0 Å². The molecular weight excluding hydrogens is 159 g/mol. The zero-order valence-corrected chi connectivity index (χ0v) is 7.03. The maximum absolute atomic E-state index is 9.32. The molecule has 0 aromatic rings. The zero-order chi connectivity index (χ0) is 4.28. The summed E-state index contributed by atoms with van der Waals surface area (Å²) in [6, 6.07) is 0. The van der Waals surface area contributed by atoms with Gasteiger partial charge in [-0.05, 0) is 0 Å². The van der Waals surface area contributed by atoms with Crippen molar-refractivity contribution in [3.05, 3.63) is 0 Å². The Bertz CT molecular complexity index is 46.8. The molecule has 0 aliphatic heterocycles. The van der Waals surface area contributed by atoms with Crippen LogP contribution in [-0.4, -0.2) is 46.0 Å². The molecule has 0 spiro atoms. The molecule has 0 rings (SSSR count). The van der Waals surface area contributed by atoms with Crippen LogP contribution >= 0.6 is 15.9 Å². The Morgan fingerprint density at radius 3 is 2.00 bits per heavy atom. The van der Waals surface area contributed by atoms with E-state index in [4.69, 9.17) is 5.11 Å². The van der Waals surface area contributed by atoms with Gasteiger partial charge in [-0.15, -0.1) is 0 Å². The van der Waals surface area contributed by atoms with Crippen LogP contribution in [0.2, 0.25) is 0 Å². The molecule has 0 aliphatic carbocycles. The number of rotatable bonds is 1. The van der Waals surface area contributed by atoms with Crippen LogP contribution in [-0.2, 0) is 4.79 Å². The van der Waals surface area contributed by atoms with E-state index in [1.165, 1.54) is 0 Å². The molecule has 2 nitrogen and oxygen atoms in total. The second-order valence-corrected chi connectivity index (χ2v) is 1.09. The van der Waals surface area contributed by atoms with Crippen molar-refractivity contribution in [3.63, 3.8) is 0 Å². The summed E-state index contributed by atoms with van der Waals surface area (Å²) in [6.45, 7) is 0. The number of alkyl halides is 1. The van der Waals surface area contributed by atoms with E-state index in [-0.39, 0.29) is 34.9 Å². The molecule has 4 heteroatoms. The van der Waals surface area contributed by atoms with Crippen molar-refractivity contribution < 1.29 is 9.90 Å². The number of halogens is 1. The quantitative estimate of drug-likeness (QED) is 0.438. The van der Waals surface area contributed by atoms with E-state index in [0.717, 1.165) is 0 Å². The summed E-state index contributed by atoms with van der Waals surface area (Å²) in [6.07, 6.45) is 0. The van der Waals surface area contributed by atoms with Crippen molar-refractivity contribution in [2.24, 2.45) is 0 Å². The van der Waals surface area contributed by atoms with Gasteiger partial charge in [0.05, 0.1) is 0 Å². The maximum Gasteiger partial charge on any atom is 0.314 e. The number of carboxylic acid groups (broad SMARTS) is 1. The molecule has 0 saturated carbocycles. The summed E-state index contributed by atoms with van der Waals surface area (Å²) in [7, 11) is 0. The molecule has 0 aliphatic rings. The van der Waals surface area contributed by atoms with E-state index in [1.807, 2.05) is 0 Å². The molecule has 0 aromatic carbocycles. The first-order valence-corrected chi connectivity index (χ1v) is 2.17. The van der Waals surface area contributed by atoms with Gasteiger partial charge in [0.25, 0.3) is 0 Å². The fourth-order valence-corrected chi connectivity index (χ4v) is 0. The Morgan fingerprint density at radius 2 is 2.00 bits per heavy atom. The van der Waals surface area contributed by atoms with Crippen LogP contribution in [0, 0.1) is 0 Å². The third-order valence-electron chi connectivity index (χ3n) is 0.114. The van der Waals surface area contributed by atoms with E-state index in [0.29, 0.717) is 0 Å². The Morgan fingerprint density at radius 1 is 1.83 bits per heavy atom. The molecule has 1 N–H and O–H groups in total. The second kappa shape index (κ2) is 5.95. The van der Waals surface area contributed by atoms with Crippen LogP contribution in [0.25, 0.3) is 0 Å². The molecule has 0 heterocycles. The third-order valence-corrected chi connectivity index (χ3v) is 0.594. The molecule has 31 valence electrons. The van der Waals surface area contributed by atoms with E-state index in [1.54, 1.807) is 0 Å². The van der Waals surface area contributed by atoms with Crippen LogP contribution in [0.4, 0.5) is 0 Å².